The molecule has 37 heavy (non-hydrogen) atoms. The Hall–Kier alpha value is -2.65. The standard InChI is InChI=1S/C29H43N5O3/c1-22(35)17-31-25(15-23-9-6-5-7-10-23)16-26(36)20-34-14-13-33(19-24-11-8-12-30-18-24)21-27(34)28(37)32-29(2,3)4/h5-12,18,25-27,31,36H,13-17,19-21H2,1-4H3,(H,32,37)/t25?,26-,27-/m0/s1. The largest absolute Gasteiger partial charge is 0.392 e. The van der Waals surface area contributed by atoms with E-state index in [2.05, 4.69) is 37.6 Å². The molecule has 1 saturated heterocycles. The Bertz CT molecular complexity index is 980. The lowest BCUT2D eigenvalue weighted by Gasteiger charge is -2.42. The van der Waals surface area contributed by atoms with Crippen LogP contribution < -0.4 is 10.6 Å². The number of benzene rings is 1. The van der Waals surface area contributed by atoms with Gasteiger partial charge in [-0.15, -0.1) is 0 Å². The minimum atomic E-state index is -0.636. The summed E-state index contributed by atoms with van der Waals surface area (Å²) >= 11 is 0. The molecule has 1 fully saturated rings. The highest BCUT2D eigenvalue weighted by Crippen LogP contribution is 2.17. The monoisotopic (exact) mass is 509 g/mol. The van der Waals surface area contributed by atoms with Crippen LogP contribution in [0.5, 0.6) is 0 Å². The molecule has 202 valence electrons. The molecule has 0 radical (unpaired) electrons. The van der Waals surface area contributed by atoms with Crippen LogP contribution in [0.25, 0.3) is 0 Å². The van der Waals surface area contributed by atoms with E-state index in [1.54, 1.807) is 13.1 Å². The number of aliphatic hydroxyl groups is 1. The molecule has 2 heterocycles. The molecule has 3 rings (SSSR count). The van der Waals surface area contributed by atoms with Crippen molar-refractivity contribution in [3.63, 3.8) is 0 Å². The number of piperazine rings is 1. The minimum absolute atomic E-state index is 0.0221. The van der Waals surface area contributed by atoms with E-state index >= 15 is 0 Å². The normalized spacial score (nSPS) is 18.8. The average molecular weight is 510 g/mol. The van der Waals surface area contributed by atoms with Crippen molar-refractivity contribution in [2.75, 3.05) is 32.7 Å². The number of nitrogens with zero attached hydrogens (tertiary/aromatic N) is 3. The Morgan fingerprint density at radius 3 is 2.49 bits per heavy atom. The van der Waals surface area contributed by atoms with Crippen molar-refractivity contribution in [1.29, 1.82) is 0 Å². The second-order valence-electron chi connectivity index (χ2n) is 11.2. The predicted octanol–water partition coefficient (Wildman–Crippen LogP) is 2.02. The Morgan fingerprint density at radius 1 is 1.11 bits per heavy atom. The highest BCUT2D eigenvalue weighted by molar-refractivity contribution is 5.82. The summed E-state index contributed by atoms with van der Waals surface area (Å²) in [5, 5.41) is 17.6. The Labute approximate surface area is 221 Å². The van der Waals surface area contributed by atoms with Crippen LogP contribution >= 0.6 is 0 Å². The lowest BCUT2D eigenvalue weighted by molar-refractivity contribution is -0.131. The summed E-state index contributed by atoms with van der Waals surface area (Å²) in [5.74, 6) is 0.0438. The maximum absolute atomic E-state index is 13.3. The number of carbonyl (C=O) groups is 2. The van der Waals surface area contributed by atoms with Crippen LogP contribution in [0.4, 0.5) is 0 Å². The Balaban J connectivity index is 1.66. The Kier molecular flexibility index (Phi) is 10.8. The molecule has 3 N–H and O–H groups in total. The fourth-order valence-electron chi connectivity index (χ4n) is 4.79. The molecular weight excluding hydrogens is 466 g/mol. The topological polar surface area (TPSA) is 97.8 Å². The molecule has 1 aliphatic rings. The lowest BCUT2D eigenvalue weighted by atomic mass is 9.99. The number of pyridine rings is 1. The number of aromatic nitrogens is 1. The van der Waals surface area contributed by atoms with Gasteiger partial charge >= 0.3 is 0 Å². The number of aliphatic hydroxyl groups excluding tert-OH is 1. The molecule has 8 heteroatoms. The van der Waals surface area contributed by atoms with Crippen molar-refractivity contribution in [1.82, 2.24) is 25.4 Å². The van der Waals surface area contributed by atoms with E-state index in [1.807, 2.05) is 57.3 Å². The van der Waals surface area contributed by atoms with E-state index in [0.29, 0.717) is 26.1 Å². The third-order valence-corrected chi connectivity index (χ3v) is 6.47. The maximum atomic E-state index is 13.3. The SMILES string of the molecule is CC(=O)CNC(Cc1ccccc1)C[C@H](O)CN1CCN(Cc2cccnc2)C[C@H]1C(=O)NC(C)(C)C. The summed E-state index contributed by atoms with van der Waals surface area (Å²) < 4.78 is 0. The van der Waals surface area contributed by atoms with Crippen LogP contribution in [0.3, 0.4) is 0 Å². The first-order chi connectivity index (χ1) is 17.6. The van der Waals surface area contributed by atoms with Gasteiger partial charge in [-0.1, -0.05) is 36.4 Å². The van der Waals surface area contributed by atoms with E-state index < -0.39 is 6.10 Å². The molecule has 1 aromatic heterocycles. The van der Waals surface area contributed by atoms with Gasteiger partial charge in [0.1, 0.15) is 11.8 Å². The number of hydrogen-bond donors (Lipinski definition) is 3. The number of hydrogen-bond acceptors (Lipinski definition) is 7. The van der Waals surface area contributed by atoms with Crippen LogP contribution in [0.1, 0.15) is 45.2 Å². The smallest absolute Gasteiger partial charge is 0.239 e. The first kappa shape index (κ1) is 28.9. The second-order valence-corrected chi connectivity index (χ2v) is 11.2. The van der Waals surface area contributed by atoms with Crippen LogP contribution in [0, 0.1) is 0 Å². The van der Waals surface area contributed by atoms with E-state index in [-0.39, 0.29) is 35.9 Å². The highest BCUT2D eigenvalue weighted by atomic mass is 16.3. The van der Waals surface area contributed by atoms with Gasteiger partial charge in [0, 0.05) is 56.7 Å². The zero-order valence-corrected chi connectivity index (χ0v) is 22.7. The molecular formula is C29H43N5O3. The van der Waals surface area contributed by atoms with Gasteiger partial charge in [0.15, 0.2) is 0 Å². The van der Waals surface area contributed by atoms with Crippen molar-refractivity contribution in [2.45, 2.75) is 70.8 Å². The van der Waals surface area contributed by atoms with Gasteiger partial charge in [0.2, 0.25) is 5.91 Å². The van der Waals surface area contributed by atoms with Crippen molar-refractivity contribution in [2.24, 2.45) is 0 Å². The van der Waals surface area contributed by atoms with Crippen molar-refractivity contribution in [3.8, 4) is 0 Å². The quantitative estimate of drug-likeness (QED) is 0.403. The predicted molar refractivity (Wildman–Crippen MR) is 146 cm³/mol. The van der Waals surface area contributed by atoms with E-state index in [1.165, 1.54) is 0 Å². The third-order valence-electron chi connectivity index (χ3n) is 6.47. The molecule has 1 amide bonds. The van der Waals surface area contributed by atoms with E-state index in [0.717, 1.165) is 30.6 Å². The average Bonchev–Trinajstić information content (AvgIpc) is 2.83. The fraction of sp³-hybridized carbons (Fsp3) is 0.552. The van der Waals surface area contributed by atoms with Gasteiger partial charge in [-0.3, -0.25) is 24.4 Å². The first-order valence-electron chi connectivity index (χ1n) is 13.2. The first-order valence-corrected chi connectivity index (χ1v) is 13.2. The second kappa shape index (κ2) is 13.8. The molecule has 1 aliphatic heterocycles. The number of ketones is 1. The Morgan fingerprint density at radius 2 is 1.84 bits per heavy atom. The van der Waals surface area contributed by atoms with Gasteiger partial charge in [0.05, 0.1) is 12.6 Å². The number of rotatable bonds is 12. The number of β-amino-alcohol motifs (C(OH)–C–C–N with tert-alkyl or cyclic N) is 1. The van der Waals surface area contributed by atoms with Gasteiger partial charge in [-0.2, -0.15) is 0 Å². The summed E-state index contributed by atoms with van der Waals surface area (Å²) in [7, 11) is 0. The molecule has 0 bridgehead atoms. The van der Waals surface area contributed by atoms with Crippen LogP contribution in [0.2, 0.25) is 0 Å². The zero-order chi connectivity index (χ0) is 26.8. The van der Waals surface area contributed by atoms with Gasteiger partial charge in [-0.05, 0) is 57.7 Å². The van der Waals surface area contributed by atoms with E-state index in [4.69, 9.17) is 0 Å². The third kappa shape index (κ3) is 10.3. The van der Waals surface area contributed by atoms with Crippen LogP contribution in [-0.2, 0) is 22.6 Å². The van der Waals surface area contributed by atoms with E-state index in [9.17, 15) is 14.7 Å². The summed E-state index contributed by atoms with van der Waals surface area (Å²) in [6, 6.07) is 13.7. The van der Waals surface area contributed by atoms with Crippen molar-refractivity contribution in [3.05, 3.63) is 66.0 Å². The van der Waals surface area contributed by atoms with Crippen LogP contribution in [-0.4, -0.2) is 88.0 Å². The number of nitrogens with one attached hydrogen (secondary N) is 2. The molecule has 0 aliphatic carbocycles. The minimum Gasteiger partial charge on any atom is -0.392 e. The molecule has 0 saturated carbocycles. The van der Waals surface area contributed by atoms with Crippen molar-refractivity contribution >= 4 is 11.7 Å². The highest BCUT2D eigenvalue weighted by Gasteiger charge is 2.35. The molecule has 2 aromatic rings. The maximum Gasteiger partial charge on any atom is 0.239 e. The summed E-state index contributed by atoms with van der Waals surface area (Å²) in [4.78, 5) is 33.5. The molecule has 8 nitrogen and oxygen atoms in total. The number of amides is 1. The summed E-state index contributed by atoms with van der Waals surface area (Å²) in [5.41, 5.74) is 1.93. The summed E-state index contributed by atoms with van der Waals surface area (Å²) in [6.07, 6.45) is 4.20. The molecule has 0 spiro atoms. The molecule has 3 atom stereocenters. The van der Waals surface area contributed by atoms with Gasteiger partial charge < -0.3 is 15.7 Å². The zero-order valence-electron chi connectivity index (χ0n) is 22.7. The number of Topliss-reactive ketones (excluding diaryl/α,β-unsaturated/α-hetero) is 1. The number of carbonyl (C=O) groups excluding carboxylic acids is 2. The van der Waals surface area contributed by atoms with Gasteiger partial charge in [0.25, 0.3) is 0 Å². The van der Waals surface area contributed by atoms with Crippen molar-refractivity contribution < 1.29 is 14.7 Å². The molecule has 1 aromatic carbocycles. The summed E-state index contributed by atoms with van der Waals surface area (Å²) in [6.45, 7) is 11.0. The molecule has 1 unspecified atom stereocenters. The lowest BCUT2D eigenvalue weighted by Crippen LogP contribution is -2.62. The van der Waals surface area contributed by atoms with Gasteiger partial charge in [-0.25, -0.2) is 0 Å². The fourth-order valence-corrected chi connectivity index (χ4v) is 4.79. The van der Waals surface area contributed by atoms with Crippen LogP contribution in [0.15, 0.2) is 54.9 Å².